The van der Waals surface area contributed by atoms with Crippen LogP contribution in [0.4, 0.5) is 5.69 Å². The molecular weight excluding hydrogens is 420 g/mol. The standard InChI is InChI=1S/C25H30N4O2S/c1-5-8-20-11-13-21(14-12-20)31-16-22-27-28-25(29(22)15-6-2)32-17-23(30)26-24-18(3)9-7-10-19(24)4/h6-7,9-14H,2,5,8,15-17H2,1,3-4H3,(H,26,30). The summed E-state index contributed by atoms with van der Waals surface area (Å²) in [5.41, 5.74) is 4.25. The van der Waals surface area contributed by atoms with Gasteiger partial charge in [0.2, 0.25) is 5.91 Å². The van der Waals surface area contributed by atoms with Crippen molar-refractivity contribution in [3.8, 4) is 5.75 Å². The van der Waals surface area contributed by atoms with E-state index in [-0.39, 0.29) is 11.7 Å². The highest BCUT2D eigenvalue weighted by Crippen LogP contribution is 2.22. The molecule has 1 heterocycles. The van der Waals surface area contributed by atoms with Gasteiger partial charge in [-0.3, -0.25) is 9.36 Å². The summed E-state index contributed by atoms with van der Waals surface area (Å²) in [6, 6.07) is 14.1. The first-order valence-corrected chi connectivity index (χ1v) is 11.7. The molecule has 0 aliphatic carbocycles. The average Bonchev–Trinajstić information content (AvgIpc) is 3.16. The molecule has 0 fully saturated rings. The average molecular weight is 451 g/mol. The van der Waals surface area contributed by atoms with Crippen molar-refractivity contribution < 1.29 is 9.53 Å². The number of benzene rings is 2. The van der Waals surface area contributed by atoms with Gasteiger partial charge in [-0.05, 0) is 49.1 Å². The number of rotatable bonds is 11. The van der Waals surface area contributed by atoms with Crippen LogP contribution in [0.5, 0.6) is 5.75 Å². The molecule has 168 valence electrons. The first kappa shape index (κ1) is 23.6. The van der Waals surface area contributed by atoms with Crippen molar-refractivity contribution in [3.05, 3.63) is 77.6 Å². The van der Waals surface area contributed by atoms with Crippen molar-refractivity contribution in [1.29, 1.82) is 0 Å². The number of nitrogens with zero attached hydrogens (tertiary/aromatic N) is 3. The van der Waals surface area contributed by atoms with Gasteiger partial charge in [-0.25, -0.2) is 0 Å². The summed E-state index contributed by atoms with van der Waals surface area (Å²) in [6.45, 7) is 10.8. The number of ether oxygens (including phenoxy) is 1. The number of hydrogen-bond donors (Lipinski definition) is 1. The topological polar surface area (TPSA) is 69.0 Å². The second kappa shape index (κ2) is 11.5. The number of anilines is 1. The van der Waals surface area contributed by atoms with E-state index >= 15 is 0 Å². The van der Waals surface area contributed by atoms with Gasteiger partial charge in [0.05, 0.1) is 5.75 Å². The summed E-state index contributed by atoms with van der Waals surface area (Å²) >= 11 is 1.35. The third kappa shape index (κ3) is 6.23. The molecule has 3 rings (SSSR count). The molecule has 0 aliphatic heterocycles. The monoisotopic (exact) mass is 450 g/mol. The molecule has 32 heavy (non-hydrogen) atoms. The molecule has 0 aliphatic rings. The molecule has 0 spiro atoms. The predicted octanol–water partition coefficient (Wildman–Crippen LogP) is 5.34. The summed E-state index contributed by atoms with van der Waals surface area (Å²) in [5, 5.41) is 12.2. The Hall–Kier alpha value is -3.06. The first-order chi connectivity index (χ1) is 15.5. The number of nitrogens with one attached hydrogen (secondary N) is 1. The molecule has 1 aromatic heterocycles. The van der Waals surface area contributed by atoms with Gasteiger partial charge in [0.15, 0.2) is 11.0 Å². The van der Waals surface area contributed by atoms with Gasteiger partial charge in [-0.2, -0.15) is 0 Å². The maximum atomic E-state index is 12.5. The van der Waals surface area contributed by atoms with Crippen molar-refractivity contribution in [1.82, 2.24) is 14.8 Å². The number of allylic oxidation sites excluding steroid dienone is 1. The number of thioether (sulfide) groups is 1. The van der Waals surface area contributed by atoms with E-state index in [1.165, 1.54) is 17.3 Å². The Morgan fingerprint density at radius 1 is 1.16 bits per heavy atom. The summed E-state index contributed by atoms with van der Waals surface area (Å²) in [4.78, 5) is 12.5. The number of carbonyl (C=O) groups is 1. The lowest BCUT2D eigenvalue weighted by molar-refractivity contribution is -0.113. The number of aryl methyl sites for hydroxylation is 3. The zero-order valence-corrected chi connectivity index (χ0v) is 19.7. The second-order valence-corrected chi connectivity index (χ2v) is 8.53. The quantitative estimate of drug-likeness (QED) is 0.315. The van der Waals surface area contributed by atoms with E-state index < -0.39 is 0 Å². The first-order valence-electron chi connectivity index (χ1n) is 10.8. The van der Waals surface area contributed by atoms with Gasteiger partial charge in [0, 0.05) is 12.2 Å². The van der Waals surface area contributed by atoms with Crippen LogP contribution < -0.4 is 10.1 Å². The summed E-state index contributed by atoms with van der Waals surface area (Å²) < 4.78 is 7.84. The van der Waals surface area contributed by atoms with E-state index in [9.17, 15) is 4.79 Å². The fourth-order valence-corrected chi connectivity index (χ4v) is 4.12. The van der Waals surface area contributed by atoms with Gasteiger partial charge in [-0.1, -0.05) is 61.5 Å². The van der Waals surface area contributed by atoms with Crippen LogP contribution in [0.2, 0.25) is 0 Å². The van der Waals surface area contributed by atoms with Crippen molar-refractivity contribution in [2.75, 3.05) is 11.1 Å². The van der Waals surface area contributed by atoms with Crippen LogP contribution in [-0.4, -0.2) is 26.4 Å². The van der Waals surface area contributed by atoms with Gasteiger partial charge in [0.25, 0.3) is 0 Å². The lowest BCUT2D eigenvalue weighted by Gasteiger charge is -2.12. The molecule has 3 aromatic rings. The van der Waals surface area contributed by atoms with E-state index in [2.05, 4.69) is 41.1 Å². The fraction of sp³-hybridized carbons (Fsp3) is 0.320. The second-order valence-electron chi connectivity index (χ2n) is 7.58. The third-order valence-corrected chi connectivity index (χ3v) is 5.98. The molecule has 0 saturated carbocycles. The number of para-hydroxylation sites is 1. The van der Waals surface area contributed by atoms with Crippen LogP contribution in [0, 0.1) is 13.8 Å². The van der Waals surface area contributed by atoms with Crippen LogP contribution in [0.15, 0.2) is 60.3 Å². The predicted molar refractivity (Wildman–Crippen MR) is 130 cm³/mol. The molecular formula is C25H30N4O2S. The minimum atomic E-state index is -0.0782. The van der Waals surface area contributed by atoms with Crippen molar-refractivity contribution in [2.45, 2.75) is 51.9 Å². The SMILES string of the molecule is C=CCn1c(COc2ccc(CCC)cc2)nnc1SCC(=O)Nc1c(C)cccc1C. The van der Waals surface area contributed by atoms with Crippen LogP contribution >= 0.6 is 11.8 Å². The number of aromatic nitrogens is 3. The Labute approximate surface area is 194 Å². The van der Waals surface area contributed by atoms with Crippen LogP contribution in [-0.2, 0) is 24.4 Å². The highest BCUT2D eigenvalue weighted by molar-refractivity contribution is 7.99. The molecule has 7 heteroatoms. The Kier molecular flexibility index (Phi) is 8.50. The molecule has 6 nitrogen and oxygen atoms in total. The zero-order valence-electron chi connectivity index (χ0n) is 18.9. The molecule has 1 N–H and O–H groups in total. The van der Waals surface area contributed by atoms with Crippen LogP contribution in [0.1, 0.15) is 35.9 Å². The van der Waals surface area contributed by atoms with Gasteiger partial charge in [-0.15, -0.1) is 16.8 Å². The molecule has 1 amide bonds. The lowest BCUT2D eigenvalue weighted by Crippen LogP contribution is -2.16. The van der Waals surface area contributed by atoms with Crippen molar-refractivity contribution in [3.63, 3.8) is 0 Å². The van der Waals surface area contributed by atoms with Crippen molar-refractivity contribution >= 4 is 23.4 Å². The van der Waals surface area contributed by atoms with Crippen LogP contribution in [0.3, 0.4) is 0 Å². The van der Waals surface area contributed by atoms with E-state index in [1.54, 1.807) is 6.08 Å². The van der Waals surface area contributed by atoms with E-state index in [0.29, 0.717) is 24.1 Å². The molecule has 0 bridgehead atoms. The lowest BCUT2D eigenvalue weighted by atomic mass is 10.1. The summed E-state index contributed by atoms with van der Waals surface area (Å²) in [6.07, 6.45) is 3.96. The normalized spacial score (nSPS) is 10.7. The van der Waals surface area contributed by atoms with Gasteiger partial charge >= 0.3 is 0 Å². The number of carbonyl (C=O) groups excluding carboxylic acids is 1. The van der Waals surface area contributed by atoms with E-state index in [4.69, 9.17) is 4.74 Å². The maximum Gasteiger partial charge on any atom is 0.234 e. The summed E-state index contributed by atoms with van der Waals surface area (Å²) in [7, 11) is 0. The minimum Gasteiger partial charge on any atom is -0.486 e. The zero-order chi connectivity index (χ0) is 22.9. The van der Waals surface area contributed by atoms with Crippen LogP contribution in [0.25, 0.3) is 0 Å². The van der Waals surface area contributed by atoms with Gasteiger partial charge < -0.3 is 10.1 Å². The number of hydrogen-bond acceptors (Lipinski definition) is 5. The molecule has 0 atom stereocenters. The minimum absolute atomic E-state index is 0.0782. The highest BCUT2D eigenvalue weighted by Gasteiger charge is 2.15. The highest BCUT2D eigenvalue weighted by atomic mass is 32.2. The fourth-order valence-electron chi connectivity index (χ4n) is 3.35. The molecule has 0 saturated heterocycles. The molecule has 0 unspecified atom stereocenters. The third-order valence-electron chi connectivity index (χ3n) is 5.01. The molecule has 2 aromatic carbocycles. The maximum absolute atomic E-state index is 12.5. The largest absolute Gasteiger partial charge is 0.486 e. The Bertz CT molecular complexity index is 1040. The van der Waals surface area contributed by atoms with E-state index in [1.807, 2.05) is 48.7 Å². The Morgan fingerprint density at radius 2 is 1.88 bits per heavy atom. The van der Waals surface area contributed by atoms with E-state index in [0.717, 1.165) is 35.4 Å². The smallest absolute Gasteiger partial charge is 0.234 e. The Balaban J connectivity index is 1.61. The van der Waals surface area contributed by atoms with Gasteiger partial charge in [0.1, 0.15) is 12.4 Å². The number of amides is 1. The molecule has 0 radical (unpaired) electrons. The Morgan fingerprint density at radius 3 is 2.53 bits per heavy atom. The van der Waals surface area contributed by atoms with Crippen molar-refractivity contribution in [2.24, 2.45) is 0 Å². The summed E-state index contributed by atoms with van der Waals surface area (Å²) in [5.74, 6) is 1.65.